The van der Waals surface area contributed by atoms with Crippen molar-refractivity contribution in [3.05, 3.63) is 18.2 Å². The number of carbonyl (C=O) groups excluding carboxylic acids is 3. The SMILES string of the molecule is CCCCCC(CC(=O)c1nccn1C)C(C(=O)OC)C(=O)OC. The Balaban J connectivity index is 2.99. The first-order valence-electron chi connectivity index (χ1n) is 8.12. The van der Waals surface area contributed by atoms with Crippen LogP contribution in [0.5, 0.6) is 0 Å². The molecule has 0 amide bonds. The number of hydrogen-bond acceptors (Lipinski definition) is 6. The molecule has 0 bridgehead atoms. The van der Waals surface area contributed by atoms with E-state index in [9.17, 15) is 14.4 Å². The second-order valence-electron chi connectivity index (χ2n) is 5.77. The zero-order valence-corrected chi connectivity index (χ0v) is 14.8. The normalized spacial score (nSPS) is 12.0. The summed E-state index contributed by atoms with van der Waals surface area (Å²) in [6.07, 6.45) is 6.61. The van der Waals surface area contributed by atoms with Crippen LogP contribution in [0, 0.1) is 11.8 Å². The fourth-order valence-corrected chi connectivity index (χ4v) is 2.74. The number of aromatic nitrogens is 2. The summed E-state index contributed by atoms with van der Waals surface area (Å²) in [6.45, 7) is 2.06. The number of imidazole rings is 1. The van der Waals surface area contributed by atoms with Crippen molar-refractivity contribution < 1.29 is 23.9 Å². The van der Waals surface area contributed by atoms with E-state index < -0.39 is 23.8 Å². The van der Waals surface area contributed by atoms with Crippen LogP contribution in [0.4, 0.5) is 0 Å². The quantitative estimate of drug-likeness (QED) is 0.281. The summed E-state index contributed by atoms with van der Waals surface area (Å²) in [5.41, 5.74) is 0. The second kappa shape index (κ2) is 9.85. The third-order valence-corrected chi connectivity index (χ3v) is 4.08. The molecule has 1 aromatic heterocycles. The van der Waals surface area contributed by atoms with Gasteiger partial charge in [0.2, 0.25) is 0 Å². The third-order valence-electron chi connectivity index (χ3n) is 4.08. The van der Waals surface area contributed by atoms with Gasteiger partial charge in [0.1, 0.15) is 0 Å². The molecule has 0 aliphatic heterocycles. The van der Waals surface area contributed by atoms with Crippen LogP contribution in [0.15, 0.2) is 12.4 Å². The fraction of sp³-hybridized carbons (Fsp3) is 0.647. The zero-order valence-electron chi connectivity index (χ0n) is 14.8. The van der Waals surface area contributed by atoms with Crippen molar-refractivity contribution in [2.24, 2.45) is 18.9 Å². The molecule has 1 unspecified atom stereocenters. The Bertz CT molecular complexity index is 551. The van der Waals surface area contributed by atoms with E-state index in [1.807, 2.05) is 0 Å². The van der Waals surface area contributed by atoms with E-state index in [4.69, 9.17) is 9.47 Å². The molecular weight excluding hydrogens is 312 g/mol. The van der Waals surface area contributed by atoms with E-state index in [2.05, 4.69) is 11.9 Å². The number of nitrogens with zero attached hydrogens (tertiary/aromatic N) is 2. The van der Waals surface area contributed by atoms with Crippen molar-refractivity contribution in [2.75, 3.05) is 14.2 Å². The van der Waals surface area contributed by atoms with Crippen LogP contribution in [0.1, 0.15) is 49.6 Å². The Hall–Kier alpha value is -2.18. The van der Waals surface area contributed by atoms with Gasteiger partial charge in [-0.3, -0.25) is 14.4 Å². The monoisotopic (exact) mass is 338 g/mol. The molecule has 0 aromatic carbocycles. The van der Waals surface area contributed by atoms with Gasteiger partial charge >= 0.3 is 11.9 Å². The maximum absolute atomic E-state index is 12.5. The molecule has 7 heteroatoms. The van der Waals surface area contributed by atoms with Crippen molar-refractivity contribution in [3.63, 3.8) is 0 Å². The minimum absolute atomic E-state index is 0.0451. The molecule has 0 fully saturated rings. The largest absolute Gasteiger partial charge is 0.468 e. The van der Waals surface area contributed by atoms with Crippen LogP contribution in [-0.4, -0.2) is 41.5 Å². The number of unbranched alkanes of at least 4 members (excludes halogenated alkanes) is 2. The highest BCUT2D eigenvalue weighted by Gasteiger charge is 2.38. The van der Waals surface area contributed by atoms with Gasteiger partial charge in [0.25, 0.3) is 0 Å². The van der Waals surface area contributed by atoms with E-state index >= 15 is 0 Å². The van der Waals surface area contributed by atoms with Crippen LogP contribution in [-0.2, 0) is 26.1 Å². The lowest BCUT2D eigenvalue weighted by molar-refractivity contribution is -0.161. The second-order valence-corrected chi connectivity index (χ2v) is 5.77. The summed E-state index contributed by atoms with van der Waals surface area (Å²) in [5, 5.41) is 0. The molecule has 1 heterocycles. The lowest BCUT2D eigenvalue weighted by Gasteiger charge is -2.22. The summed E-state index contributed by atoms with van der Waals surface area (Å²) in [4.78, 5) is 40.7. The number of methoxy groups -OCH3 is 2. The Morgan fingerprint density at radius 1 is 1.17 bits per heavy atom. The summed E-state index contributed by atoms with van der Waals surface area (Å²) in [7, 11) is 4.17. The molecule has 1 rings (SSSR count). The molecule has 7 nitrogen and oxygen atoms in total. The van der Waals surface area contributed by atoms with Gasteiger partial charge in [0.15, 0.2) is 17.5 Å². The Kier molecular flexibility index (Phi) is 8.15. The van der Waals surface area contributed by atoms with Gasteiger partial charge < -0.3 is 14.0 Å². The van der Waals surface area contributed by atoms with Crippen LogP contribution in [0.25, 0.3) is 0 Å². The van der Waals surface area contributed by atoms with E-state index in [-0.39, 0.29) is 12.2 Å². The van der Waals surface area contributed by atoms with Crippen LogP contribution < -0.4 is 0 Å². The summed E-state index contributed by atoms with van der Waals surface area (Å²) in [6, 6.07) is 0. The number of ether oxygens (including phenoxy) is 2. The van der Waals surface area contributed by atoms with Crippen molar-refractivity contribution in [3.8, 4) is 0 Å². The van der Waals surface area contributed by atoms with Crippen molar-refractivity contribution in [2.45, 2.75) is 39.0 Å². The van der Waals surface area contributed by atoms with Gasteiger partial charge in [-0.1, -0.05) is 26.2 Å². The first kappa shape index (κ1) is 19.9. The molecule has 0 aliphatic rings. The Labute approximate surface area is 142 Å². The maximum Gasteiger partial charge on any atom is 0.320 e. The van der Waals surface area contributed by atoms with Crippen molar-refractivity contribution in [1.29, 1.82) is 0 Å². The van der Waals surface area contributed by atoms with Gasteiger partial charge in [-0.05, 0) is 12.3 Å². The molecule has 0 spiro atoms. The molecule has 0 saturated carbocycles. The molecular formula is C17H26N2O5. The predicted molar refractivity (Wildman–Crippen MR) is 87.3 cm³/mol. The number of aryl methyl sites for hydroxylation is 1. The van der Waals surface area contributed by atoms with Gasteiger partial charge in [0.05, 0.1) is 14.2 Å². The van der Waals surface area contributed by atoms with Crippen molar-refractivity contribution >= 4 is 17.7 Å². The first-order chi connectivity index (χ1) is 11.5. The third kappa shape index (κ3) is 5.18. The average molecular weight is 338 g/mol. The number of ketones is 1. The lowest BCUT2D eigenvalue weighted by Crippen LogP contribution is -2.35. The molecule has 0 aliphatic carbocycles. The number of hydrogen-bond donors (Lipinski definition) is 0. The maximum atomic E-state index is 12.5. The van der Waals surface area contributed by atoms with Crippen LogP contribution in [0.3, 0.4) is 0 Å². The number of esters is 2. The standard InChI is InChI=1S/C17H26N2O5/c1-5-6-7-8-12(14(16(21)23-3)17(22)24-4)11-13(20)15-18-9-10-19(15)2/h9-10,12,14H,5-8,11H2,1-4H3. The van der Waals surface area contributed by atoms with E-state index in [0.29, 0.717) is 12.2 Å². The topological polar surface area (TPSA) is 87.5 Å². The average Bonchev–Trinajstić information content (AvgIpc) is 3.00. The van der Waals surface area contributed by atoms with E-state index in [1.54, 1.807) is 17.8 Å². The zero-order chi connectivity index (χ0) is 18.1. The number of carbonyl (C=O) groups is 3. The van der Waals surface area contributed by atoms with Crippen molar-refractivity contribution in [1.82, 2.24) is 9.55 Å². The van der Waals surface area contributed by atoms with E-state index in [0.717, 1.165) is 19.3 Å². The van der Waals surface area contributed by atoms with Gasteiger partial charge in [-0.25, -0.2) is 4.98 Å². The smallest absolute Gasteiger partial charge is 0.320 e. The minimum atomic E-state index is -1.10. The van der Waals surface area contributed by atoms with Gasteiger partial charge in [-0.2, -0.15) is 0 Å². The molecule has 0 saturated heterocycles. The highest BCUT2D eigenvalue weighted by Crippen LogP contribution is 2.27. The highest BCUT2D eigenvalue weighted by molar-refractivity contribution is 5.97. The summed E-state index contributed by atoms with van der Waals surface area (Å²) < 4.78 is 11.1. The molecule has 24 heavy (non-hydrogen) atoms. The van der Waals surface area contributed by atoms with E-state index in [1.165, 1.54) is 20.4 Å². The number of rotatable bonds is 10. The molecule has 0 N–H and O–H groups in total. The fourth-order valence-electron chi connectivity index (χ4n) is 2.74. The van der Waals surface area contributed by atoms with Crippen LogP contribution in [0.2, 0.25) is 0 Å². The lowest BCUT2D eigenvalue weighted by atomic mass is 9.83. The predicted octanol–water partition coefficient (Wildman–Crippen LogP) is 2.15. The Morgan fingerprint density at radius 2 is 1.79 bits per heavy atom. The molecule has 1 atom stereocenters. The first-order valence-corrected chi connectivity index (χ1v) is 8.12. The molecule has 1 aromatic rings. The van der Waals surface area contributed by atoms with Crippen LogP contribution >= 0.6 is 0 Å². The summed E-state index contributed by atoms with van der Waals surface area (Å²) >= 11 is 0. The minimum Gasteiger partial charge on any atom is -0.468 e. The summed E-state index contributed by atoms with van der Waals surface area (Å²) in [5.74, 6) is -2.81. The Morgan fingerprint density at radius 3 is 2.25 bits per heavy atom. The van der Waals surface area contributed by atoms with Gasteiger partial charge in [0, 0.05) is 25.9 Å². The van der Waals surface area contributed by atoms with Gasteiger partial charge in [-0.15, -0.1) is 0 Å². The molecule has 0 radical (unpaired) electrons. The number of Topliss-reactive ketones (excluding diaryl/α,β-unsaturated/α-hetero) is 1. The molecule has 134 valence electrons. The highest BCUT2D eigenvalue weighted by atomic mass is 16.5.